The molecule has 2 atom stereocenters. The van der Waals surface area contributed by atoms with Crippen molar-refractivity contribution in [3.8, 4) is 5.75 Å². The number of Topliss-reactive ketones (excluding diaryl/α,β-unsaturated/α-hetero) is 1. The van der Waals surface area contributed by atoms with Crippen LogP contribution in [0.1, 0.15) is 41.9 Å². The van der Waals surface area contributed by atoms with E-state index in [-0.39, 0.29) is 29.9 Å². The van der Waals surface area contributed by atoms with Crippen molar-refractivity contribution in [2.24, 2.45) is 5.92 Å². The van der Waals surface area contributed by atoms with Crippen LogP contribution < -0.4 is 15.4 Å². The molecular formula is C25H26N2O4. The van der Waals surface area contributed by atoms with E-state index in [1.54, 1.807) is 7.11 Å². The SMILES string of the molecule is COc1ccc(C2CC(=O)C3=C(C2)NC(=O)CC3C(=O)Nc2cc(C)cc(C)c2)cc1. The lowest BCUT2D eigenvalue weighted by molar-refractivity contribution is -0.129. The lowest BCUT2D eigenvalue weighted by atomic mass is 9.75. The van der Waals surface area contributed by atoms with Crippen LogP contribution in [0.3, 0.4) is 0 Å². The number of allylic oxidation sites excluding steroid dienone is 1. The molecule has 160 valence electrons. The van der Waals surface area contributed by atoms with E-state index in [1.807, 2.05) is 56.3 Å². The summed E-state index contributed by atoms with van der Waals surface area (Å²) >= 11 is 0. The highest BCUT2D eigenvalue weighted by molar-refractivity contribution is 6.09. The summed E-state index contributed by atoms with van der Waals surface area (Å²) in [6, 6.07) is 13.4. The number of hydrogen-bond acceptors (Lipinski definition) is 4. The van der Waals surface area contributed by atoms with Crippen LogP contribution in [-0.2, 0) is 14.4 Å². The third-order valence-electron chi connectivity index (χ3n) is 5.93. The Morgan fingerprint density at radius 3 is 2.32 bits per heavy atom. The summed E-state index contributed by atoms with van der Waals surface area (Å²) in [7, 11) is 1.61. The van der Waals surface area contributed by atoms with Crippen LogP contribution >= 0.6 is 0 Å². The van der Waals surface area contributed by atoms with Gasteiger partial charge in [-0.1, -0.05) is 18.2 Å². The molecule has 1 heterocycles. The number of benzene rings is 2. The predicted molar refractivity (Wildman–Crippen MR) is 118 cm³/mol. The third kappa shape index (κ3) is 4.38. The average Bonchev–Trinajstić information content (AvgIpc) is 2.72. The maximum atomic E-state index is 13.1. The summed E-state index contributed by atoms with van der Waals surface area (Å²) in [6.07, 6.45) is 0.815. The smallest absolute Gasteiger partial charge is 0.232 e. The van der Waals surface area contributed by atoms with Gasteiger partial charge in [-0.05, 0) is 67.1 Å². The van der Waals surface area contributed by atoms with Gasteiger partial charge in [0, 0.05) is 29.8 Å². The first-order valence-electron chi connectivity index (χ1n) is 10.4. The van der Waals surface area contributed by atoms with Gasteiger partial charge in [0.2, 0.25) is 11.8 Å². The number of methoxy groups -OCH3 is 1. The van der Waals surface area contributed by atoms with Crippen LogP contribution in [0.4, 0.5) is 5.69 Å². The molecule has 4 rings (SSSR count). The monoisotopic (exact) mass is 418 g/mol. The van der Waals surface area contributed by atoms with Crippen molar-refractivity contribution in [2.45, 2.75) is 39.0 Å². The van der Waals surface area contributed by atoms with E-state index >= 15 is 0 Å². The van der Waals surface area contributed by atoms with Crippen LogP contribution in [0, 0.1) is 19.8 Å². The first-order chi connectivity index (χ1) is 14.8. The van der Waals surface area contributed by atoms with E-state index < -0.39 is 5.92 Å². The van der Waals surface area contributed by atoms with Gasteiger partial charge in [0.15, 0.2) is 5.78 Å². The van der Waals surface area contributed by atoms with Crippen molar-refractivity contribution >= 4 is 23.3 Å². The first-order valence-corrected chi connectivity index (χ1v) is 10.4. The van der Waals surface area contributed by atoms with Gasteiger partial charge in [-0.2, -0.15) is 0 Å². The van der Waals surface area contributed by atoms with Crippen molar-refractivity contribution in [1.29, 1.82) is 0 Å². The number of aryl methyl sites for hydroxylation is 2. The summed E-state index contributed by atoms with van der Waals surface area (Å²) in [6.45, 7) is 3.92. The Kier molecular flexibility index (Phi) is 5.63. The summed E-state index contributed by atoms with van der Waals surface area (Å²) in [4.78, 5) is 38.5. The second-order valence-corrected chi connectivity index (χ2v) is 8.36. The van der Waals surface area contributed by atoms with E-state index in [2.05, 4.69) is 10.6 Å². The number of anilines is 1. The molecule has 2 unspecified atom stereocenters. The minimum atomic E-state index is -0.770. The van der Waals surface area contributed by atoms with E-state index in [0.29, 0.717) is 29.8 Å². The molecule has 2 aromatic carbocycles. The van der Waals surface area contributed by atoms with E-state index in [4.69, 9.17) is 4.74 Å². The minimum absolute atomic E-state index is 0.0194. The standard InChI is InChI=1S/C25H26N2O4/c1-14-8-15(2)10-18(9-14)26-25(30)20-13-23(29)27-21-11-17(12-22(28)24(20)21)16-4-6-19(31-3)7-5-16/h4-10,17,20H,11-13H2,1-3H3,(H,26,30)(H,27,29). The van der Waals surface area contributed by atoms with Crippen molar-refractivity contribution in [3.05, 3.63) is 70.4 Å². The van der Waals surface area contributed by atoms with Gasteiger partial charge >= 0.3 is 0 Å². The third-order valence-corrected chi connectivity index (χ3v) is 5.93. The first kappa shape index (κ1) is 20.8. The van der Waals surface area contributed by atoms with Crippen LogP contribution in [0.5, 0.6) is 5.75 Å². The Labute approximate surface area is 181 Å². The molecule has 2 N–H and O–H groups in total. The van der Waals surface area contributed by atoms with Crippen molar-refractivity contribution in [1.82, 2.24) is 5.32 Å². The van der Waals surface area contributed by atoms with Gasteiger partial charge < -0.3 is 15.4 Å². The zero-order chi connectivity index (χ0) is 22.1. The molecule has 2 amide bonds. The Hall–Kier alpha value is -3.41. The van der Waals surface area contributed by atoms with Gasteiger partial charge in [-0.3, -0.25) is 14.4 Å². The van der Waals surface area contributed by atoms with Gasteiger partial charge in [0.05, 0.1) is 13.0 Å². The Balaban J connectivity index is 1.59. The number of ether oxygens (including phenoxy) is 1. The minimum Gasteiger partial charge on any atom is -0.497 e. The molecule has 0 spiro atoms. The molecular weight excluding hydrogens is 392 g/mol. The number of carbonyl (C=O) groups excluding carboxylic acids is 3. The Bertz CT molecular complexity index is 1060. The highest BCUT2D eigenvalue weighted by Crippen LogP contribution is 2.39. The van der Waals surface area contributed by atoms with E-state index in [9.17, 15) is 14.4 Å². The highest BCUT2D eigenvalue weighted by atomic mass is 16.5. The molecule has 1 aliphatic heterocycles. The van der Waals surface area contributed by atoms with Crippen molar-refractivity contribution in [2.75, 3.05) is 12.4 Å². The topological polar surface area (TPSA) is 84.5 Å². The van der Waals surface area contributed by atoms with Crippen LogP contribution in [-0.4, -0.2) is 24.7 Å². The largest absolute Gasteiger partial charge is 0.497 e. The fraction of sp³-hybridized carbons (Fsp3) is 0.320. The quantitative estimate of drug-likeness (QED) is 0.791. The van der Waals surface area contributed by atoms with Gasteiger partial charge in [-0.15, -0.1) is 0 Å². The van der Waals surface area contributed by atoms with E-state index in [0.717, 1.165) is 22.4 Å². The number of amides is 2. The Morgan fingerprint density at radius 2 is 1.68 bits per heavy atom. The van der Waals surface area contributed by atoms with Gasteiger partial charge in [0.25, 0.3) is 0 Å². The second kappa shape index (κ2) is 8.38. The zero-order valence-electron chi connectivity index (χ0n) is 18.0. The van der Waals surface area contributed by atoms with Crippen molar-refractivity contribution < 1.29 is 19.1 Å². The molecule has 1 aliphatic carbocycles. The molecule has 31 heavy (non-hydrogen) atoms. The highest BCUT2D eigenvalue weighted by Gasteiger charge is 2.40. The van der Waals surface area contributed by atoms with Gasteiger partial charge in [-0.25, -0.2) is 0 Å². The maximum Gasteiger partial charge on any atom is 0.232 e. The Morgan fingerprint density at radius 1 is 1.00 bits per heavy atom. The molecule has 0 saturated carbocycles. The number of ketones is 1. The lowest BCUT2D eigenvalue weighted by Crippen LogP contribution is -2.43. The maximum absolute atomic E-state index is 13.1. The summed E-state index contributed by atoms with van der Waals surface area (Å²) < 4.78 is 5.20. The number of carbonyl (C=O) groups is 3. The molecule has 6 heteroatoms. The summed E-state index contributed by atoms with van der Waals surface area (Å²) in [5.74, 6) is -0.693. The molecule has 0 fully saturated rings. The number of hydrogen-bond donors (Lipinski definition) is 2. The van der Waals surface area contributed by atoms with Crippen LogP contribution in [0.25, 0.3) is 0 Å². The van der Waals surface area contributed by atoms with Gasteiger partial charge in [0.1, 0.15) is 5.75 Å². The summed E-state index contributed by atoms with van der Waals surface area (Å²) in [5, 5.41) is 5.76. The molecule has 0 aromatic heterocycles. The van der Waals surface area contributed by atoms with Crippen LogP contribution in [0.15, 0.2) is 53.7 Å². The van der Waals surface area contributed by atoms with Crippen LogP contribution in [0.2, 0.25) is 0 Å². The molecule has 6 nitrogen and oxygen atoms in total. The van der Waals surface area contributed by atoms with Crippen molar-refractivity contribution in [3.63, 3.8) is 0 Å². The fourth-order valence-corrected chi connectivity index (χ4v) is 4.57. The molecule has 2 aliphatic rings. The number of rotatable bonds is 4. The lowest BCUT2D eigenvalue weighted by Gasteiger charge is -2.33. The zero-order valence-corrected chi connectivity index (χ0v) is 18.0. The normalized spacial score (nSPS) is 20.7. The van der Waals surface area contributed by atoms with E-state index in [1.165, 1.54) is 0 Å². The molecule has 0 saturated heterocycles. The molecule has 0 radical (unpaired) electrons. The molecule has 2 aromatic rings. The second-order valence-electron chi connectivity index (χ2n) is 8.36. The molecule has 0 bridgehead atoms. The number of nitrogens with one attached hydrogen (secondary N) is 2. The summed E-state index contributed by atoms with van der Waals surface area (Å²) in [5.41, 5.74) is 4.78. The fourth-order valence-electron chi connectivity index (χ4n) is 4.57. The predicted octanol–water partition coefficient (Wildman–Crippen LogP) is 3.79. The average molecular weight is 418 g/mol.